The van der Waals surface area contributed by atoms with Crippen molar-refractivity contribution in [2.45, 2.75) is 25.7 Å². The minimum Gasteiger partial charge on any atom is -0.469 e. The summed E-state index contributed by atoms with van der Waals surface area (Å²) in [6, 6.07) is 3.68. The van der Waals surface area contributed by atoms with Crippen LogP contribution in [-0.4, -0.2) is 18.9 Å². The van der Waals surface area contributed by atoms with Gasteiger partial charge in [0.05, 0.1) is 12.7 Å². The highest BCUT2D eigenvalue weighted by atomic mass is 16.3. The molecule has 0 saturated carbocycles. The van der Waals surface area contributed by atoms with E-state index in [-0.39, 0.29) is 5.78 Å². The second kappa shape index (κ2) is 5.12. The lowest BCUT2D eigenvalue weighted by Crippen LogP contribution is -2.11. The fourth-order valence-corrected chi connectivity index (χ4v) is 2.02. The summed E-state index contributed by atoms with van der Waals surface area (Å²) in [5, 5.41) is 3.31. The molecule has 1 aliphatic heterocycles. The molecule has 2 rings (SSSR count). The van der Waals surface area contributed by atoms with Crippen LogP contribution in [0.3, 0.4) is 0 Å². The number of furan rings is 1. The Kier molecular flexibility index (Phi) is 3.56. The summed E-state index contributed by atoms with van der Waals surface area (Å²) in [6.45, 7) is 2.19. The maximum Gasteiger partial charge on any atom is 0.140 e. The predicted molar refractivity (Wildman–Crippen MR) is 57.6 cm³/mol. The van der Waals surface area contributed by atoms with Gasteiger partial charge in [-0.3, -0.25) is 4.79 Å². The smallest absolute Gasteiger partial charge is 0.140 e. The minimum atomic E-state index is 0.289. The molecule has 82 valence electrons. The van der Waals surface area contributed by atoms with Crippen LogP contribution in [-0.2, 0) is 11.2 Å². The maximum atomic E-state index is 11.6. The summed E-state index contributed by atoms with van der Waals surface area (Å²) in [4.78, 5) is 11.6. The first-order valence-corrected chi connectivity index (χ1v) is 5.59. The zero-order chi connectivity index (χ0) is 10.5. The molecule has 3 heteroatoms. The summed E-state index contributed by atoms with van der Waals surface area (Å²) in [5.41, 5.74) is 0. The second-order valence-corrected chi connectivity index (χ2v) is 4.19. The average Bonchev–Trinajstić information content (AvgIpc) is 2.86. The number of Topliss-reactive ketones (excluding diaryl/α,β-unsaturated/α-hetero) is 1. The van der Waals surface area contributed by atoms with Gasteiger partial charge in [-0.25, -0.2) is 0 Å². The van der Waals surface area contributed by atoms with Gasteiger partial charge in [-0.05, 0) is 44.0 Å². The van der Waals surface area contributed by atoms with Gasteiger partial charge in [0.2, 0.25) is 0 Å². The zero-order valence-electron chi connectivity index (χ0n) is 8.87. The van der Waals surface area contributed by atoms with Crippen molar-refractivity contribution in [3.05, 3.63) is 24.2 Å². The van der Waals surface area contributed by atoms with Gasteiger partial charge < -0.3 is 9.73 Å². The Bertz CT molecular complexity index is 299. The lowest BCUT2D eigenvalue weighted by Gasteiger charge is -2.05. The zero-order valence-corrected chi connectivity index (χ0v) is 8.87. The Hall–Kier alpha value is -1.09. The van der Waals surface area contributed by atoms with Crippen molar-refractivity contribution in [3.63, 3.8) is 0 Å². The first-order valence-electron chi connectivity index (χ1n) is 5.59. The molecule has 1 atom stereocenters. The fourth-order valence-electron chi connectivity index (χ4n) is 2.02. The van der Waals surface area contributed by atoms with E-state index in [2.05, 4.69) is 5.32 Å². The van der Waals surface area contributed by atoms with E-state index in [1.165, 1.54) is 6.42 Å². The van der Waals surface area contributed by atoms with Crippen LogP contribution in [0.5, 0.6) is 0 Å². The molecule has 3 nitrogen and oxygen atoms in total. The maximum absolute atomic E-state index is 11.6. The molecule has 1 fully saturated rings. The van der Waals surface area contributed by atoms with Crippen LogP contribution < -0.4 is 5.32 Å². The van der Waals surface area contributed by atoms with E-state index in [9.17, 15) is 4.79 Å². The Balaban J connectivity index is 1.68. The first kappa shape index (κ1) is 10.4. The van der Waals surface area contributed by atoms with Crippen LogP contribution in [0, 0.1) is 5.92 Å². The molecular weight excluding hydrogens is 190 g/mol. The molecule has 0 radical (unpaired) electrons. The van der Waals surface area contributed by atoms with Crippen LogP contribution in [0.15, 0.2) is 22.8 Å². The monoisotopic (exact) mass is 207 g/mol. The average molecular weight is 207 g/mol. The van der Waals surface area contributed by atoms with E-state index in [4.69, 9.17) is 4.42 Å². The molecule has 0 bridgehead atoms. The lowest BCUT2D eigenvalue weighted by atomic mass is 9.99. The first-order chi connectivity index (χ1) is 7.34. The number of nitrogens with one attached hydrogen (secondary N) is 1. The number of rotatable bonds is 5. The van der Waals surface area contributed by atoms with Crippen LogP contribution in [0.1, 0.15) is 25.0 Å². The SMILES string of the molecule is O=C(CCC1CCNC1)Cc1ccco1. The Morgan fingerprint density at radius 2 is 2.53 bits per heavy atom. The van der Waals surface area contributed by atoms with Crippen molar-refractivity contribution in [1.82, 2.24) is 5.32 Å². The van der Waals surface area contributed by atoms with Crippen molar-refractivity contribution >= 4 is 5.78 Å². The Labute approximate surface area is 89.9 Å². The molecule has 0 aromatic carbocycles. The largest absolute Gasteiger partial charge is 0.469 e. The van der Waals surface area contributed by atoms with E-state index in [1.54, 1.807) is 6.26 Å². The third-order valence-electron chi connectivity index (χ3n) is 2.95. The number of carbonyl (C=O) groups is 1. The van der Waals surface area contributed by atoms with Gasteiger partial charge in [0.25, 0.3) is 0 Å². The van der Waals surface area contributed by atoms with Crippen molar-refractivity contribution in [2.24, 2.45) is 5.92 Å². The van der Waals surface area contributed by atoms with E-state index in [0.717, 1.165) is 25.3 Å². The fraction of sp³-hybridized carbons (Fsp3) is 0.583. The summed E-state index contributed by atoms with van der Waals surface area (Å²) in [7, 11) is 0. The minimum absolute atomic E-state index is 0.289. The normalized spacial score (nSPS) is 20.7. The number of ketones is 1. The van der Waals surface area contributed by atoms with E-state index < -0.39 is 0 Å². The number of carbonyl (C=O) groups excluding carboxylic acids is 1. The molecule has 15 heavy (non-hydrogen) atoms. The van der Waals surface area contributed by atoms with Crippen LogP contribution in [0.25, 0.3) is 0 Å². The highest BCUT2D eigenvalue weighted by molar-refractivity contribution is 5.80. The van der Waals surface area contributed by atoms with Crippen LogP contribution in [0.4, 0.5) is 0 Å². The van der Waals surface area contributed by atoms with Crippen molar-refractivity contribution in [1.29, 1.82) is 0 Å². The molecule has 0 amide bonds. The molecule has 1 N–H and O–H groups in total. The van der Waals surface area contributed by atoms with Crippen molar-refractivity contribution < 1.29 is 9.21 Å². The molecule has 0 aliphatic carbocycles. The van der Waals surface area contributed by atoms with Gasteiger partial charge in [-0.15, -0.1) is 0 Å². The molecule has 1 aliphatic rings. The topological polar surface area (TPSA) is 42.2 Å². The number of hydrogen-bond donors (Lipinski definition) is 1. The molecule has 0 spiro atoms. The van der Waals surface area contributed by atoms with Gasteiger partial charge in [-0.2, -0.15) is 0 Å². The van der Waals surface area contributed by atoms with Gasteiger partial charge in [0.1, 0.15) is 11.5 Å². The summed E-state index contributed by atoms with van der Waals surface area (Å²) in [6.07, 6.45) is 4.99. The number of hydrogen-bond acceptors (Lipinski definition) is 3. The highest BCUT2D eigenvalue weighted by Crippen LogP contribution is 2.15. The van der Waals surface area contributed by atoms with Crippen LogP contribution in [0.2, 0.25) is 0 Å². The van der Waals surface area contributed by atoms with E-state index in [0.29, 0.717) is 18.8 Å². The van der Waals surface area contributed by atoms with E-state index >= 15 is 0 Å². The van der Waals surface area contributed by atoms with Crippen molar-refractivity contribution in [3.8, 4) is 0 Å². The summed E-state index contributed by atoms with van der Waals surface area (Å²) < 4.78 is 5.14. The Morgan fingerprint density at radius 3 is 3.20 bits per heavy atom. The summed E-state index contributed by atoms with van der Waals surface area (Å²) >= 11 is 0. The molecule has 1 aromatic heterocycles. The molecular formula is C12H17NO2. The standard InChI is InChI=1S/C12H17NO2/c14-11(8-12-2-1-7-15-12)4-3-10-5-6-13-9-10/h1-2,7,10,13H,3-6,8-9H2. The van der Waals surface area contributed by atoms with Gasteiger partial charge >= 0.3 is 0 Å². The third kappa shape index (κ3) is 3.20. The quantitative estimate of drug-likeness (QED) is 0.800. The molecule has 1 saturated heterocycles. The highest BCUT2D eigenvalue weighted by Gasteiger charge is 2.16. The van der Waals surface area contributed by atoms with Crippen LogP contribution >= 0.6 is 0 Å². The molecule has 1 aromatic rings. The Morgan fingerprint density at radius 1 is 1.60 bits per heavy atom. The molecule has 2 heterocycles. The third-order valence-corrected chi connectivity index (χ3v) is 2.95. The second-order valence-electron chi connectivity index (χ2n) is 4.19. The summed E-state index contributed by atoms with van der Waals surface area (Å²) in [5.74, 6) is 1.77. The predicted octanol–water partition coefficient (Wildman–Crippen LogP) is 1.78. The lowest BCUT2D eigenvalue weighted by molar-refractivity contribution is -0.118. The molecule has 1 unspecified atom stereocenters. The van der Waals surface area contributed by atoms with Gasteiger partial charge in [0.15, 0.2) is 0 Å². The van der Waals surface area contributed by atoms with Gasteiger partial charge in [-0.1, -0.05) is 0 Å². The van der Waals surface area contributed by atoms with E-state index in [1.807, 2.05) is 12.1 Å². The van der Waals surface area contributed by atoms with Gasteiger partial charge in [0, 0.05) is 6.42 Å². The van der Waals surface area contributed by atoms with Crippen molar-refractivity contribution in [2.75, 3.05) is 13.1 Å².